The maximum atomic E-state index is 5.78. The van der Waals surface area contributed by atoms with Crippen LogP contribution in [0, 0.1) is 0 Å². The van der Waals surface area contributed by atoms with Gasteiger partial charge in [-0.1, -0.05) is 30.3 Å². The molecule has 0 spiro atoms. The summed E-state index contributed by atoms with van der Waals surface area (Å²) in [4.78, 5) is 4.45. The van der Waals surface area contributed by atoms with E-state index in [2.05, 4.69) is 17.1 Å². The van der Waals surface area contributed by atoms with E-state index in [0.29, 0.717) is 6.61 Å². The SMILES string of the molecule is COc1ccc(N=Cc2ccc(OCc3ccccc3)cc2)cc1. The summed E-state index contributed by atoms with van der Waals surface area (Å²) in [6.07, 6.45) is 1.84. The van der Waals surface area contributed by atoms with Gasteiger partial charge in [0.15, 0.2) is 0 Å². The molecule has 24 heavy (non-hydrogen) atoms. The van der Waals surface area contributed by atoms with Crippen LogP contribution < -0.4 is 9.47 Å². The Balaban J connectivity index is 1.58. The van der Waals surface area contributed by atoms with E-state index in [1.807, 2.05) is 72.9 Å². The molecule has 0 fully saturated rings. The fourth-order valence-electron chi connectivity index (χ4n) is 2.21. The number of aliphatic imine (C=N–C) groups is 1. The molecule has 120 valence electrons. The number of hydrogen-bond acceptors (Lipinski definition) is 3. The van der Waals surface area contributed by atoms with E-state index in [1.54, 1.807) is 7.11 Å². The Kier molecular flexibility index (Phi) is 5.25. The van der Waals surface area contributed by atoms with Gasteiger partial charge in [-0.3, -0.25) is 4.99 Å². The minimum Gasteiger partial charge on any atom is -0.497 e. The molecule has 3 nitrogen and oxygen atoms in total. The maximum absolute atomic E-state index is 5.78. The predicted octanol–water partition coefficient (Wildman–Crippen LogP) is 5.02. The van der Waals surface area contributed by atoms with Gasteiger partial charge >= 0.3 is 0 Å². The first-order valence-corrected chi connectivity index (χ1v) is 7.78. The average Bonchev–Trinajstić information content (AvgIpc) is 2.67. The van der Waals surface area contributed by atoms with Crippen LogP contribution in [0.2, 0.25) is 0 Å². The maximum Gasteiger partial charge on any atom is 0.119 e. The lowest BCUT2D eigenvalue weighted by Gasteiger charge is -2.06. The fraction of sp³-hybridized carbons (Fsp3) is 0.0952. The normalized spacial score (nSPS) is 10.7. The van der Waals surface area contributed by atoms with Crippen LogP contribution in [0.15, 0.2) is 83.9 Å². The largest absolute Gasteiger partial charge is 0.497 e. The summed E-state index contributed by atoms with van der Waals surface area (Å²) in [5, 5.41) is 0. The second-order valence-corrected chi connectivity index (χ2v) is 5.30. The van der Waals surface area contributed by atoms with Gasteiger partial charge in [-0.25, -0.2) is 0 Å². The number of rotatable bonds is 6. The van der Waals surface area contributed by atoms with Crippen LogP contribution in [0.25, 0.3) is 0 Å². The Hall–Kier alpha value is -3.07. The number of nitrogens with zero attached hydrogens (tertiary/aromatic N) is 1. The van der Waals surface area contributed by atoms with Crippen molar-refractivity contribution in [2.75, 3.05) is 7.11 Å². The Morgan fingerprint density at radius 2 is 1.46 bits per heavy atom. The highest BCUT2D eigenvalue weighted by molar-refractivity contribution is 5.82. The van der Waals surface area contributed by atoms with Gasteiger partial charge in [-0.05, 0) is 59.7 Å². The van der Waals surface area contributed by atoms with Crippen LogP contribution in [0.4, 0.5) is 5.69 Å². The van der Waals surface area contributed by atoms with E-state index in [0.717, 1.165) is 28.3 Å². The van der Waals surface area contributed by atoms with E-state index in [1.165, 1.54) is 0 Å². The average molecular weight is 317 g/mol. The van der Waals surface area contributed by atoms with Crippen molar-refractivity contribution in [3.05, 3.63) is 90.0 Å². The molecule has 0 bridgehead atoms. The Morgan fingerprint density at radius 1 is 0.792 bits per heavy atom. The molecule has 0 heterocycles. The molecule has 3 rings (SSSR count). The molecule has 3 heteroatoms. The molecule has 0 aliphatic heterocycles. The first-order valence-electron chi connectivity index (χ1n) is 7.78. The van der Waals surface area contributed by atoms with Crippen molar-refractivity contribution in [3.63, 3.8) is 0 Å². The summed E-state index contributed by atoms with van der Waals surface area (Å²) in [5.74, 6) is 1.68. The van der Waals surface area contributed by atoms with Gasteiger partial charge in [-0.15, -0.1) is 0 Å². The first kappa shape index (κ1) is 15.8. The van der Waals surface area contributed by atoms with Crippen LogP contribution in [0.1, 0.15) is 11.1 Å². The van der Waals surface area contributed by atoms with E-state index in [4.69, 9.17) is 9.47 Å². The summed E-state index contributed by atoms with van der Waals surface area (Å²) < 4.78 is 10.9. The first-order chi connectivity index (χ1) is 11.8. The second-order valence-electron chi connectivity index (χ2n) is 5.30. The standard InChI is InChI=1S/C21H19NO2/c1-23-20-13-9-19(10-14-20)22-15-17-7-11-21(12-8-17)24-16-18-5-3-2-4-6-18/h2-15H,16H2,1H3. The van der Waals surface area contributed by atoms with Crippen molar-refractivity contribution in [2.24, 2.45) is 4.99 Å². The van der Waals surface area contributed by atoms with Gasteiger partial charge < -0.3 is 9.47 Å². The third-order valence-corrected chi connectivity index (χ3v) is 3.56. The van der Waals surface area contributed by atoms with E-state index in [-0.39, 0.29) is 0 Å². The molecular weight excluding hydrogens is 298 g/mol. The summed E-state index contributed by atoms with van der Waals surface area (Å²) in [5.41, 5.74) is 3.07. The Labute approximate surface area is 142 Å². The summed E-state index contributed by atoms with van der Waals surface area (Å²) >= 11 is 0. The molecule has 0 amide bonds. The molecular formula is C21H19NO2. The molecule has 3 aromatic rings. The van der Waals surface area contributed by atoms with E-state index < -0.39 is 0 Å². The Morgan fingerprint density at radius 3 is 2.12 bits per heavy atom. The van der Waals surface area contributed by atoms with E-state index in [9.17, 15) is 0 Å². The van der Waals surface area contributed by atoms with Gasteiger partial charge in [0.2, 0.25) is 0 Å². The zero-order valence-electron chi connectivity index (χ0n) is 13.6. The monoisotopic (exact) mass is 317 g/mol. The molecule has 0 atom stereocenters. The molecule has 0 radical (unpaired) electrons. The molecule has 0 saturated heterocycles. The molecule has 3 aromatic carbocycles. The third-order valence-electron chi connectivity index (χ3n) is 3.56. The highest BCUT2D eigenvalue weighted by Gasteiger charge is 1.96. The molecule has 0 aliphatic carbocycles. The van der Waals surface area contributed by atoms with Crippen LogP contribution in [0.5, 0.6) is 11.5 Å². The van der Waals surface area contributed by atoms with Gasteiger partial charge in [0, 0.05) is 6.21 Å². The molecule has 0 aromatic heterocycles. The van der Waals surface area contributed by atoms with Gasteiger partial charge in [-0.2, -0.15) is 0 Å². The van der Waals surface area contributed by atoms with Crippen molar-refractivity contribution < 1.29 is 9.47 Å². The summed E-state index contributed by atoms with van der Waals surface area (Å²) in [6.45, 7) is 0.570. The summed E-state index contributed by atoms with van der Waals surface area (Å²) in [6, 6.07) is 25.7. The molecule has 0 aliphatic rings. The van der Waals surface area contributed by atoms with Crippen LogP contribution in [-0.2, 0) is 6.61 Å². The van der Waals surface area contributed by atoms with E-state index >= 15 is 0 Å². The Bertz CT molecular complexity index is 778. The smallest absolute Gasteiger partial charge is 0.119 e. The molecule has 0 N–H and O–H groups in total. The molecule has 0 saturated carbocycles. The van der Waals surface area contributed by atoms with Crippen molar-refractivity contribution >= 4 is 11.9 Å². The predicted molar refractivity (Wildman–Crippen MR) is 97.5 cm³/mol. The van der Waals surface area contributed by atoms with Gasteiger partial charge in [0.25, 0.3) is 0 Å². The van der Waals surface area contributed by atoms with Gasteiger partial charge in [0.1, 0.15) is 18.1 Å². The third kappa shape index (κ3) is 4.46. The minimum absolute atomic E-state index is 0.570. The van der Waals surface area contributed by atoms with Crippen LogP contribution in [0.3, 0.4) is 0 Å². The lowest BCUT2D eigenvalue weighted by molar-refractivity contribution is 0.306. The highest BCUT2D eigenvalue weighted by Crippen LogP contribution is 2.18. The summed E-state index contributed by atoms with van der Waals surface area (Å²) in [7, 11) is 1.65. The fourth-order valence-corrected chi connectivity index (χ4v) is 2.21. The zero-order valence-corrected chi connectivity index (χ0v) is 13.6. The lowest BCUT2D eigenvalue weighted by atomic mass is 10.2. The van der Waals surface area contributed by atoms with Crippen molar-refractivity contribution in [1.29, 1.82) is 0 Å². The number of benzene rings is 3. The lowest BCUT2D eigenvalue weighted by Crippen LogP contribution is -1.94. The second kappa shape index (κ2) is 7.97. The number of ether oxygens (including phenoxy) is 2. The topological polar surface area (TPSA) is 30.8 Å². The number of hydrogen-bond donors (Lipinski definition) is 0. The zero-order chi connectivity index (χ0) is 16.6. The van der Waals surface area contributed by atoms with Gasteiger partial charge in [0.05, 0.1) is 12.8 Å². The van der Waals surface area contributed by atoms with Crippen molar-refractivity contribution in [1.82, 2.24) is 0 Å². The van der Waals surface area contributed by atoms with Crippen LogP contribution >= 0.6 is 0 Å². The quantitative estimate of drug-likeness (QED) is 0.597. The highest BCUT2D eigenvalue weighted by atomic mass is 16.5. The van der Waals surface area contributed by atoms with Crippen molar-refractivity contribution in [2.45, 2.75) is 6.61 Å². The van der Waals surface area contributed by atoms with Crippen molar-refractivity contribution in [3.8, 4) is 11.5 Å². The number of methoxy groups -OCH3 is 1. The molecule has 0 unspecified atom stereocenters. The van der Waals surface area contributed by atoms with Crippen LogP contribution in [-0.4, -0.2) is 13.3 Å². The minimum atomic E-state index is 0.570.